The molecular weight excluding hydrogens is 1370 g/mol. The number of ether oxygens (including phenoxy) is 9. The van der Waals surface area contributed by atoms with Gasteiger partial charge in [0.1, 0.15) is 34.5 Å². The highest BCUT2D eigenvalue weighted by Crippen LogP contribution is 2.47. The van der Waals surface area contributed by atoms with Gasteiger partial charge in [-0.3, -0.25) is 0 Å². The fraction of sp³-hybridized carbons (Fsp3) is 0.426. The summed E-state index contributed by atoms with van der Waals surface area (Å²) in [5, 5.41) is 0. The number of carbonyl (C=O) groups is 6. The molecule has 1 unspecified atom stereocenters. The second-order valence-electron chi connectivity index (χ2n) is 31.6. The lowest BCUT2D eigenvalue weighted by molar-refractivity contribution is -0.139. The minimum absolute atomic E-state index is 0.0697. The zero-order chi connectivity index (χ0) is 80.0. The van der Waals surface area contributed by atoms with Gasteiger partial charge in [-0.05, 0) is 270 Å². The molecule has 0 heterocycles. The first-order chi connectivity index (χ1) is 51.6. The largest absolute Gasteiger partial charge is 0.494 e. The molecule has 0 aliphatic heterocycles. The molecule has 6 aromatic rings. The average molecular weight is 1490 g/mol. The molecule has 0 radical (unpaired) electrons. The Morgan fingerprint density at radius 2 is 0.606 bits per heavy atom. The second-order valence-corrected chi connectivity index (χ2v) is 31.6. The zero-order valence-electron chi connectivity index (χ0n) is 67.7. The summed E-state index contributed by atoms with van der Waals surface area (Å²) < 4.78 is 52.4. The molecule has 0 N–H and O–H groups in total. The molecule has 0 fully saturated rings. The monoisotopic (exact) mass is 1490 g/mol. The normalized spacial score (nSPS) is 12.3. The number of hydrogen-bond donors (Lipinski definition) is 0. The van der Waals surface area contributed by atoms with Crippen LogP contribution in [0.2, 0.25) is 0 Å². The Bertz CT molecular complexity index is 4000. The first kappa shape index (κ1) is 87.9. The molecule has 0 aromatic heterocycles. The topological polar surface area (TPSA) is 185 Å². The van der Waals surface area contributed by atoms with Gasteiger partial charge in [0.2, 0.25) is 0 Å². The van der Waals surface area contributed by atoms with E-state index in [-0.39, 0.29) is 29.7 Å². The summed E-state index contributed by atoms with van der Waals surface area (Å²) in [5.74, 6) is 0.640. The number of carbonyl (C=O) groups excluding carboxylic acids is 6. The van der Waals surface area contributed by atoms with Crippen molar-refractivity contribution in [2.24, 2.45) is 0 Å². The van der Waals surface area contributed by atoms with Crippen molar-refractivity contribution in [3.63, 3.8) is 0 Å². The van der Waals surface area contributed by atoms with Gasteiger partial charge in [-0.2, -0.15) is 0 Å². The summed E-state index contributed by atoms with van der Waals surface area (Å²) in [6.45, 7) is 46.0. The smallest absolute Gasteiger partial charge is 0.336 e. The molecule has 0 saturated carbocycles. The molecule has 584 valence electrons. The van der Waals surface area contributed by atoms with Gasteiger partial charge in [0.05, 0.1) is 39.6 Å². The van der Waals surface area contributed by atoms with E-state index < -0.39 is 34.2 Å². The lowest BCUT2D eigenvalue weighted by Gasteiger charge is -2.32. The van der Waals surface area contributed by atoms with Crippen LogP contribution in [0.3, 0.4) is 0 Å². The molecule has 6 rings (SSSR count). The fourth-order valence-corrected chi connectivity index (χ4v) is 12.3. The Kier molecular flexibility index (Phi) is 34.4. The molecule has 6 aromatic carbocycles. The molecule has 0 saturated heterocycles. The van der Waals surface area contributed by atoms with Crippen molar-refractivity contribution in [1.82, 2.24) is 0 Å². The molecule has 0 aliphatic carbocycles. The van der Waals surface area contributed by atoms with E-state index in [9.17, 15) is 28.8 Å². The summed E-state index contributed by atoms with van der Waals surface area (Å²) in [6.07, 6.45) is 20.7. The predicted molar refractivity (Wildman–Crippen MR) is 437 cm³/mol. The van der Waals surface area contributed by atoms with Crippen molar-refractivity contribution in [3.05, 3.63) is 231 Å². The maximum absolute atomic E-state index is 14.0. The number of benzene rings is 6. The van der Waals surface area contributed by atoms with Crippen LogP contribution in [0.4, 0.5) is 0 Å². The number of unbranched alkanes of at least 4 members (excludes halogenated alkanes) is 9. The van der Waals surface area contributed by atoms with Crippen molar-refractivity contribution in [1.29, 1.82) is 0 Å². The SMILES string of the molecule is C=C(C)C(=O)OCCCCCCOc1ccc(C=CC(=O)Oc2cc(C)c(C(C)CC(c3cc(C(C)(C)C)c(OC(=O)C=Cc4ccc(OCCCCCCOC(=O)C(=C)C)cc4)cc3C)c3cc(C(C)(C)C)c(OC(=O)C=Cc4ccc(OCCCCCCOC(=O)C(=C)C)cc4)cc3C)cc2C(C)(C)C)cc1. The highest BCUT2D eigenvalue weighted by atomic mass is 16.6. The molecule has 1 atom stereocenters. The van der Waals surface area contributed by atoms with Crippen LogP contribution in [0, 0.1) is 20.8 Å². The fourth-order valence-electron chi connectivity index (χ4n) is 12.3. The minimum Gasteiger partial charge on any atom is -0.494 e. The Morgan fingerprint density at radius 3 is 0.862 bits per heavy atom. The summed E-state index contributed by atoms with van der Waals surface area (Å²) >= 11 is 0. The molecule has 109 heavy (non-hydrogen) atoms. The van der Waals surface area contributed by atoms with Crippen LogP contribution in [0.5, 0.6) is 34.5 Å². The lowest BCUT2D eigenvalue weighted by Crippen LogP contribution is -2.20. The van der Waals surface area contributed by atoms with E-state index >= 15 is 0 Å². The third-order valence-corrected chi connectivity index (χ3v) is 18.6. The van der Waals surface area contributed by atoms with Crippen LogP contribution in [-0.4, -0.2) is 75.5 Å². The van der Waals surface area contributed by atoms with E-state index in [4.69, 9.17) is 42.6 Å². The number of esters is 6. The van der Waals surface area contributed by atoms with Gasteiger partial charge in [-0.25, -0.2) is 28.8 Å². The van der Waals surface area contributed by atoms with Gasteiger partial charge in [0, 0.05) is 57.6 Å². The average Bonchev–Trinajstić information content (AvgIpc) is 0.763. The van der Waals surface area contributed by atoms with Gasteiger partial charge in [0.25, 0.3) is 0 Å². The lowest BCUT2D eigenvalue weighted by atomic mass is 9.74. The molecule has 15 nitrogen and oxygen atoms in total. The Morgan fingerprint density at radius 1 is 0.358 bits per heavy atom. The van der Waals surface area contributed by atoms with Crippen molar-refractivity contribution >= 4 is 54.0 Å². The van der Waals surface area contributed by atoms with E-state index in [2.05, 4.69) is 128 Å². The van der Waals surface area contributed by atoms with Crippen molar-refractivity contribution < 1.29 is 71.4 Å². The van der Waals surface area contributed by atoms with Crippen LogP contribution < -0.4 is 28.4 Å². The van der Waals surface area contributed by atoms with Gasteiger partial charge in [-0.15, -0.1) is 0 Å². The van der Waals surface area contributed by atoms with Crippen molar-refractivity contribution in [2.75, 3.05) is 39.6 Å². The molecular formula is C94H118O15. The van der Waals surface area contributed by atoms with Gasteiger partial charge < -0.3 is 42.6 Å². The van der Waals surface area contributed by atoms with E-state index in [1.165, 1.54) is 18.2 Å². The number of hydrogen-bond acceptors (Lipinski definition) is 15. The minimum atomic E-state index is -0.520. The van der Waals surface area contributed by atoms with Crippen LogP contribution in [-0.2, 0) is 59.2 Å². The van der Waals surface area contributed by atoms with Crippen LogP contribution in [0.15, 0.2) is 164 Å². The van der Waals surface area contributed by atoms with E-state index in [0.29, 0.717) is 80.0 Å². The van der Waals surface area contributed by atoms with E-state index in [1.54, 1.807) is 39.0 Å². The molecule has 0 bridgehead atoms. The third-order valence-electron chi connectivity index (χ3n) is 18.6. The first-order valence-electron chi connectivity index (χ1n) is 38.4. The number of aryl methyl sites for hydroxylation is 3. The Hall–Kier alpha value is -10.0. The molecule has 0 amide bonds. The highest BCUT2D eigenvalue weighted by molar-refractivity contribution is 5.91. The maximum atomic E-state index is 14.0. The quantitative estimate of drug-likeness (QED) is 0.0116. The third kappa shape index (κ3) is 29.8. The Balaban J connectivity index is 1.24. The van der Waals surface area contributed by atoms with Gasteiger partial charge in [-0.1, -0.05) is 144 Å². The van der Waals surface area contributed by atoms with E-state index in [0.717, 1.165) is 161 Å². The molecule has 15 heteroatoms. The zero-order valence-corrected chi connectivity index (χ0v) is 67.7. The summed E-state index contributed by atoms with van der Waals surface area (Å²) in [6, 6.07) is 35.2. The van der Waals surface area contributed by atoms with E-state index in [1.807, 2.05) is 91.0 Å². The van der Waals surface area contributed by atoms with Crippen molar-refractivity contribution in [2.45, 2.75) is 222 Å². The highest BCUT2D eigenvalue weighted by Gasteiger charge is 2.32. The van der Waals surface area contributed by atoms with Crippen molar-refractivity contribution in [3.8, 4) is 34.5 Å². The van der Waals surface area contributed by atoms with Crippen LogP contribution in [0.25, 0.3) is 18.2 Å². The molecule has 0 spiro atoms. The predicted octanol–water partition coefficient (Wildman–Crippen LogP) is 21.9. The standard InChI is InChI=1S/C94H118O15/c1-63(2)89(98)104-53-29-23-20-26-50-101-73-41-32-70(33-42-73)38-47-86(95)107-83-57-67(8)76(60-80(83)92(11,12)13)66(7)56-79(77-61-81(93(14,15)16)84(58-68(77)9)108-87(96)48-39-71-34-43-74(44-35-71)102-51-27-21-24-30-54-105-90(99)64(3)4)78-62-82(94(17,18)19)85(59-69(78)10)109-88(97)49-40-72-36-45-75(46-37-72)103-52-28-22-25-31-55-106-91(100)65(5)6/h32-49,57-62,66,79H,1,3,5,20-31,50-56H2,2,4,6-19H3. The summed E-state index contributed by atoms with van der Waals surface area (Å²) in [4.78, 5) is 76.6. The van der Waals surface area contributed by atoms with Gasteiger partial charge >= 0.3 is 35.8 Å². The summed E-state index contributed by atoms with van der Waals surface area (Å²) in [5.41, 5.74) is 10.8. The second kappa shape index (κ2) is 42.7. The number of rotatable bonds is 41. The Labute approximate surface area is 649 Å². The summed E-state index contributed by atoms with van der Waals surface area (Å²) in [7, 11) is 0. The van der Waals surface area contributed by atoms with Crippen LogP contribution in [0.1, 0.15) is 252 Å². The van der Waals surface area contributed by atoms with Gasteiger partial charge in [0.15, 0.2) is 0 Å². The maximum Gasteiger partial charge on any atom is 0.336 e. The van der Waals surface area contributed by atoms with Crippen LogP contribution >= 0.6 is 0 Å². The molecule has 0 aliphatic rings. The first-order valence-corrected chi connectivity index (χ1v) is 38.4.